The van der Waals surface area contributed by atoms with E-state index in [4.69, 9.17) is 10.5 Å². The van der Waals surface area contributed by atoms with Gasteiger partial charge in [0.1, 0.15) is 6.10 Å². The molecule has 1 saturated heterocycles. The van der Waals surface area contributed by atoms with Crippen molar-refractivity contribution in [2.45, 2.75) is 57.7 Å². The van der Waals surface area contributed by atoms with Crippen LogP contribution in [0.25, 0.3) is 0 Å². The van der Waals surface area contributed by atoms with Gasteiger partial charge in [0.05, 0.1) is 6.10 Å². The Morgan fingerprint density at radius 3 is 2.64 bits per heavy atom. The molecule has 0 bridgehead atoms. The fourth-order valence-corrected chi connectivity index (χ4v) is 2.76. The van der Waals surface area contributed by atoms with Gasteiger partial charge in [-0.15, -0.1) is 0 Å². The zero-order chi connectivity index (χ0) is 15.9. The van der Waals surface area contributed by atoms with Gasteiger partial charge in [-0.2, -0.15) is 0 Å². The molecule has 2 rings (SSSR count). The molecule has 122 valence electrons. The summed E-state index contributed by atoms with van der Waals surface area (Å²) in [5.41, 5.74) is 8.24. The third-order valence-electron chi connectivity index (χ3n) is 4.25. The van der Waals surface area contributed by atoms with Gasteiger partial charge in [-0.05, 0) is 42.7 Å². The summed E-state index contributed by atoms with van der Waals surface area (Å²) < 4.78 is 5.59. The maximum Gasteiger partial charge on any atom is 0.249 e. The van der Waals surface area contributed by atoms with Gasteiger partial charge in [0.15, 0.2) is 0 Å². The Morgan fingerprint density at radius 2 is 2.05 bits per heavy atom. The molecule has 0 radical (unpaired) electrons. The molecule has 3 N–H and O–H groups in total. The molecule has 0 saturated carbocycles. The smallest absolute Gasteiger partial charge is 0.249 e. The van der Waals surface area contributed by atoms with E-state index in [0.717, 1.165) is 25.7 Å². The van der Waals surface area contributed by atoms with Crippen LogP contribution < -0.4 is 11.1 Å². The summed E-state index contributed by atoms with van der Waals surface area (Å²) in [4.78, 5) is 12.0. The first-order valence-electron chi connectivity index (χ1n) is 8.32. The standard InChI is InChI=1S/C18H28N2O2/c1-13(2)15-7-5-14(6-8-15)4-3-11-20-18(21)17-10-9-16(12-19)22-17/h5-8,13,16-17H,3-4,9-12,19H2,1-2H3,(H,20,21)/t16-,17+/m1/s1. The second-order valence-electron chi connectivity index (χ2n) is 6.35. The number of nitrogens with two attached hydrogens (primary N) is 1. The summed E-state index contributed by atoms with van der Waals surface area (Å²) in [7, 11) is 0. The van der Waals surface area contributed by atoms with Gasteiger partial charge in [0.2, 0.25) is 5.91 Å². The molecule has 1 aromatic carbocycles. The van der Waals surface area contributed by atoms with Crippen LogP contribution >= 0.6 is 0 Å². The minimum Gasteiger partial charge on any atom is -0.364 e. The lowest BCUT2D eigenvalue weighted by atomic mass is 10.0. The Hall–Kier alpha value is -1.39. The minimum absolute atomic E-state index is 0.00565. The molecule has 0 aromatic heterocycles. The summed E-state index contributed by atoms with van der Waals surface area (Å²) in [5, 5.41) is 2.96. The van der Waals surface area contributed by atoms with E-state index in [-0.39, 0.29) is 18.1 Å². The summed E-state index contributed by atoms with van der Waals surface area (Å²) in [6.07, 6.45) is 3.34. The summed E-state index contributed by atoms with van der Waals surface area (Å²) in [6.45, 7) is 5.59. The Bertz CT molecular complexity index is 470. The number of nitrogens with one attached hydrogen (secondary N) is 1. The van der Waals surface area contributed by atoms with E-state index >= 15 is 0 Å². The first-order valence-corrected chi connectivity index (χ1v) is 8.32. The van der Waals surface area contributed by atoms with Crippen LogP contribution in [0.3, 0.4) is 0 Å². The molecule has 1 heterocycles. The lowest BCUT2D eigenvalue weighted by Crippen LogP contribution is -2.36. The first kappa shape index (κ1) is 17.0. The lowest BCUT2D eigenvalue weighted by Gasteiger charge is -2.12. The molecule has 1 amide bonds. The van der Waals surface area contributed by atoms with Gasteiger partial charge in [-0.25, -0.2) is 0 Å². The number of carbonyl (C=O) groups is 1. The van der Waals surface area contributed by atoms with E-state index in [0.29, 0.717) is 19.0 Å². The second-order valence-corrected chi connectivity index (χ2v) is 6.35. The number of amides is 1. The highest BCUT2D eigenvalue weighted by Gasteiger charge is 2.29. The fraction of sp³-hybridized carbons (Fsp3) is 0.611. The second kappa shape index (κ2) is 8.30. The Kier molecular flexibility index (Phi) is 6.40. The third-order valence-corrected chi connectivity index (χ3v) is 4.25. The Balaban J connectivity index is 1.65. The first-order chi connectivity index (χ1) is 10.6. The van der Waals surface area contributed by atoms with Crippen molar-refractivity contribution in [2.24, 2.45) is 5.73 Å². The van der Waals surface area contributed by atoms with Crippen LogP contribution in [0.15, 0.2) is 24.3 Å². The summed E-state index contributed by atoms with van der Waals surface area (Å²) in [5.74, 6) is 0.572. The largest absolute Gasteiger partial charge is 0.364 e. The van der Waals surface area contributed by atoms with Gasteiger partial charge >= 0.3 is 0 Å². The number of rotatable bonds is 7. The monoisotopic (exact) mass is 304 g/mol. The summed E-state index contributed by atoms with van der Waals surface area (Å²) >= 11 is 0. The Morgan fingerprint density at radius 1 is 1.32 bits per heavy atom. The van der Waals surface area contributed by atoms with Gasteiger partial charge in [0, 0.05) is 13.1 Å². The van der Waals surface area contributed by atoms with Crippen molar-refractivity contribution in [2.75, 3.05) is 13.1 Å². The molecular formula is C18H28N2O2. The van der Waals surface area contributed by atoms with Crippen LogP contribution in [0.4, 0.5) is 0 Å². The lowest BCUT2D eigenvalue weighted by molar-refractivity contribution is -0.131. The van der Waals surface area contributed by atoms with Crippen LogP contribution in [-0.2, 0) is 16.0 Å². The number of ether oxygens (including phenoxy) is 1. The number of aryl methyl sites for hydroxylation is 1. The highest BCUT2D eigenvalue weighted by Crippen LogP contribution is 2.19. The normalized spacial score (nSPS) is 21.3. The van der Waals surface area contributed by atoms with Crippen LogP contribution in [-0.4, -0.2) is 31.2 Å². The molecule has 0 spiro atoms. The molecule has 1 aliphatic rings. The van der Waals surface area contributed by atoms with E-state index < -0.39 is 0 Å². The van der Waals surface area contributed by atoms with E-state index in [1.807, 2.05) is 0 Å². The zero-order valence-electron chi connectivity index (χ0n) is 13.7. The molecule has 4 heteroatoms. The highest BCUT2D eigenvalue weighted by atomic mass is 16.5. The molecule has 1 fully saturated rings. The minimum atomic E-state index is -0.307. The van der Waals surface area contributed by atoms with Crippen molar-refractivity contribution < 1.29 is 9.53 Å². The third kappa shape index (κ3) is 4.82. The predicted octanol–water partition coefficient (Wildman–Crippen LogP) is 2.37. The highest BCUT2D eigenvalue weighted by molar-refractivity contribution is 5.80. The van der Waals surface area contributed by atoms with Gasteiger partial charge in [-0.1, -0.05) is 38.1 Å². The van der Waals surface area contributed by atoms with Gasteiger partial charge in [0.25, 0.3) is 0 Å². The zero-order valence-corrected chi connectivity index (χ0v) is 13.7. The van der Waals surface area contributed by atoms with Crippen LogP contribution in [0, 0.1) is 0 Å². The van der Waals surface area contributed by atoms with Crippen LogP contribution in [0.1, 0.15) is 50.2 Å². The molecular weight excluding hydrogens is 276 g/mol. The summed E-state index contributed by atoms with van der Waals surface area (Å²) in [6, 6.07) is 8.75. The topological polar surface area (TPSA) is 64.4 Å². The van der Waals surface area contributed by atoms with Crippen LogP contribution in [0.5, 0.6) is 0 Å². The molecule has 1 aliphatic heterocycles. The molecule has 0 unspecified atom stereocenters. The van der Waals surface area contributed by atoms with Crippen molar-refractivity contribution in [3.8, 4) is 0 Å². The van der Waals surface area contributed by atoms with Crippen molar-refractivity contribution in [3.63, 3.8) is 0 Å². The molecule has 22 heavy (non-hydrogen) atoms. The van der Waals surface area contributed by atoms with Crippen LogP contribution in [0.2, 0.25) is 0 Å². The molecule has 2 atom stereocenters. The van der Waals surface area contributed by atoms with Crippen molar-refractivity contribution in [3.05, 3.63) is 35.4 Å². The van der Waals surface area contributed by atoms with Crippen molar-refractivity contribution in [1.29, 1.82) is 0 Å². The van der Waals surface area contributed by atoms with E-state index in [1.54, 1.807) is 0 Å². The molecule has 4 nitrogen and oxygen atoms in total. The quantitative estimate of drug-likeness (QED) is 0.760. The van der Waals surface area contributed by atoms with Crippen molar-refractivity contribution in [1.82, 2.24) is 5.32 Å². The van der Waals surface area contributed by atoms with E-state index in [2.05, 4.69) is 43.4 Å². The van der Waals surface area contributed by atoms with Gasteiger partial charge in [-0.3, -0.25) is 4.79 Å². The molecule has 1 aromatic rings. The fourth-order valence-electron chi connectivity index (χ4n) is 2.76. The van der Waals surface area contributed by atoms with Crippen molar-refractivity contribution >= 4 is 5.91 Å². The number of hydrogen-bond acceptors (Lipinski definition) is 3. The number of carbonyl (C=O) groups excluding carboxylic acids is 1. The number of benzene rings is 1. The van der Waals surface area contributed by atoms with E-state index in [9.17, 15) is 4.79 Å². The predicted molar refractivity (Wildman–Crippen MR) is 88.8 cm³/mol. The average molecular weight is 304 g/mol. The maximum absolute atomic E-state index is 12.0. The average Bonchev–Trinajstić information content (AvgIpc) is 3.01. The van der Waals surface area contributed by atoms with E-state index in [1.165, 1.54) is 11.1 Å². The number of hydrogen-bond donors (Lipinski definition) is 2. The maximum atomic E-state index is 12.0. The Labute approximate surface area is 133 Å². The SMILES string of the molecule is CC(C)c1ccc(CCCNC(=O)[C@@H]2CC[C@H](CN)O2)cc1. The molecule has 0 aliphatic carbocycles. The van der Waals surface area contributed by atoms with Gasteiger partial charge < -0.3 is 15.8 Å².